The van der Waals surface area contributed by atoms with E-state index >= 15 is 0 Å². The van der Waals surface area contributed by atoms with Crippen LogP contribution in [-0.2, 0) is 9.53 Å². The van der Waals surface area contributed by atoms with Crippen molar-refractivity contribution in [3.8, 4) is 5.75 Å². The molecule has 0 saturated carbocycles. The van der Waals surface area contributed by atoms with Gasteiger partial charge in [-0.2, -0.15) is 0 Å². The van der Waals surface area contributed by atoms with E-state index in [1.54, 1.807) is 0 Å². The van der Waals surface area contributed by atoms with E-state index in [2.05, 4.69) is 15.9 Å². The van der Waals surface area contributed by atoms with E-state index in [-0.39, 0.29) is 6.10 Å². The maximum absolute atomic E-state index is 10.6. The van der Waals surface area contributed by atoms with Gasteiger partial charge in [0.05, 0.1) is 6.10 Å². The second-order valence-corrected chi connectivity index (χ2v) is 5.51. The zero-order valence-electron chi connectivity index (χ0n) is 11.0. The van der Waals surface area contributed by atoms with E-state index < -0.39 is 5.97 Å². The fourth-order valence-corrected chi connectivity index (χ4v) is 2.41. The van der Waals surface area contributed by atoms with E-state index in [1.807, 2.05) is 18.2 Å². The molecule has 108 valence electrons. The molecule has 20 heavy (non-hydrogen) atoms. The molecule has 0 aromatic heterocycles. The van der Waals surface area contributed by atoms with Gasteiger partial charge in [0.2, 0.25) is 0 Å². The zero-order chi connectivity index (χ0) is 14.4. The fraction of sp³-hybridized carbons (Fsp3) is 0.400. The molecule has 0 amide bonds. The predicted molar refractivity (Wildman–Crippen MR) is 79.9 cm³/mol. The van der Waals surface area contributed by atoms with Crippen molar-refractivity contribution in [3.63, 3.8) is 0 Å². The summed E-state index contributed by atoms with van der Waals surface area (Å²) in [5, 5.41) is 8.66. The van der Waals surface area contributed by atoms with Gasteiger partial charge in [0.25, 0.3) is 0 Å². The number of carbonyl (C=O) groups is 1. The van der Waals surface area contributed by atoms with E-state index in [0.717, 1.165) is 35.6 Å². The summed E-state index contributed by atoms with van der Waals surface area (Å²) in [7, 11) is 0. The first-order valence-corrected chi connectivity index (χ1v) is 7.39. The van der Waals surface area contributed by atoms with Crippen LogP contribution in [0.5, 0.6) is 5.75 Å². The average Bonchev–Trinajstić information content (AvgIpc) is 2.46. The summed E-state index contributed by atoms with van der Waals surface area (Å²) in [5.41, 5.74) is 0.773. The van der Waals surface area contributed by atoms with Crippen LogP contribution in [0.15, 0.2) is 28.7 Å². The first-order valence-electron chi connectivity index (χ1n) is 6.60. The molecule has 1 saturated heterocycles. The molecule has 2 rings (SSSR count). The number of hydrogen-bond acceptors (Lipinski definition) is 3. The van der Waals surface area contributed by atoms with E-state index in [9.17, 15) is 4.79 Å². The number of ether oxygens (including phenoxy) is 2. The Bertz CT molecular complexity index is 493. The van der Waals surface area contributed by atoms with Crippen LogP contribution in [0.1, 0.15) is 24.8 Å². The molecule has 1 unspecified atom stereocenters. The highest BCUT2D eigenvalue weighted by molar-refractivity contribution is 9.10. The predicted octanol–water partition coefficient (Wildman–Crippen LogP) is 3.49. The second kappa shape index (κ2) is 7.45. The number of aliphatic carboxylic acids is 1. The van der Waals surface area contributed by atoms with E-state index in [4.69, 9.17) is 14.6 Å². The molecule has 1 atom stereocenters. The molecule has 1 N–H and O–H groups in total. The fourth-order valence-electron chi connectivity index (χ4n) is 2.03. The van der Waals surface area contributed by atoms with Crippen LogP contribution in [0.3, 0.4) is 0 Å². The molecule has 1 aliphatic rings. The highest BCUT2D eigenvalue weighted by Gasteiger charge is 2.14. The Kier molecular flexibility index (Phi) is 5.61. The van der Waals surface area contributed by atoms with Crippen LogP contribution < -0.4 is 4.74 Å². The Hall–Kier alpha value is -1.33. The first-order chi connectivity index (χ1) is 9.65. The quantitative estimate of drug-likeness (QED) is 0.833. The lowest BCUT2D eigenvalue weighted by Gasteiger charge is -2.22. The Balaban J connectivity index is 1.97. The Morgan fingerprint density at radius 2 is 2.35 bits per heavy atom. The molecular formula is C15H17BrO4. The third-order valence-electron chi connectivity index (χ3n) is 3.08. The minimum Gasteiger partial charge on any atom is -0.491 e. The summed E-state index contributed by atoms with van der Waals surface area (Å²) in [6.45, 7) is 1.34. The molecule has 5 heteroatoms. The summed E-state index contributed by atoms with van der Waals surface area (Å²) in [5.74, 6) is -0.258. The molecule has 0 spiro atoms. The lowest BCUT2D eigenvalue weighted by molar-refractivity contribution is -0.131. The van der Waals surface area contributed by atoms with Gasteiger partial charge in [-0.05, 0) is 49.1 Å². The molecule has 1 heterocycles. The Morgan fingerprint density at radius 3 is 3.05 bits per heavy atom. The van der Waals surface area contributed by atoms with Crippen molar-refractivity contribution in [2.24, 2.45) is 0 Å². The summed E-state index contributed by atoms with van der Waals surface area (Å²) in [6.07, 6.45) is 6.14. The van der Waals surface area contributed by atoms with E-state index in [0.29, 0.717) is 12.4 Å². The number of carboxylic acid groups (broad SMARTS) is 1. The second-order valence-electron chi connectivity index (χ2n) is 4.65. The lowest BCUT2D eigenvalue weighted by Crippen LogP contribution is -2.25. The van der Waals surface area contributed by atoms with Crippen LogP contribution in [0.4, 0.5) is 0 Å². The number of hydrogen-bond donors (Lipinski definition) is 1. The minimum absolute atomic E-state index is 0.158. The van der Waals surface area contributed by atoms with Gasteiger partial charge >= 0.3 is 5.97 Å². The van der Waals surface area contributed by atoms with E-state index in [1.165, 1.54) is 12.5 Å². The maximum atomic E-state index is 10.6. The molecular weight excluding hydrogens is 324 g/mol. The summed E-state index contributed by atoms with van der Waals surface area (Å²) < 4.78 is 12.2. The summed E-state index contributed by atoms with van der Waals surface area (Å²) in [6, 6.07) is 5.51. The third kappa shape index (κ3) is 4.65. The van der Waals surface area contributed by atoms with Gasteiger partial charge in [-0.1, -0.05) is 15.9 Å². The van der Waals surface area contributed by atoms with Crippen molar-refractivity contribution in [2.75, 3.05) is 13.2 Å². The van der Waals surface area contributed by atoms with Crippen LogP contribution in [-0.4, -0.2) is 30.4 Å². The van der Waals surface area contributed by atoms with Gasteiger partial charge in [-0.25, -0.2) is 4.79 Å². The molecule has 0 bridgehead atoms. The Labute approximate surface area is 126 Å². The smallest absolute Gasteiger partial charge is 0.328 e. The van der Waals surface area contributed by atoms with Crippen molar-refractivity contribution < 1.29 is 19.4 Å². The maximum Gasteiger partial charge on any atom is 0.328 e. The number of rotatable bonds is 5. The van der Waals surface area contributed by atoms with Crippen molar-refractivity contribution in [1.29, 1.82) is 0 Å². The van der Waals surface area contributed by atoms with Gasteiger partial charge in [0.15, 0.2) is 0 Å². The van der Waals surface area contributed by atoms with Crippen LogP contribution in [0.2, 0.25) is 0 Å². The van der Waals surface area contributed by atoms with Crippen LogP contribution >= 0.6 is 15.9 Å². The number of halogens is 1. The van der Waals surface area contributed by atoms with Gasteiger partial charge in [-0.3, -0.25) is 0 Å². The van der Waals surface area contributed by atoms with Crippen LogP contribution in [0, 0.1) is 0 Å². The molecule has 0 aliphatic carbocycles. The largest absolute Gasteiger partial charge is 0.491 e. The average molecular weight is 341 g/mol. The van der Waals surface area contributed by atoms with Gasteiger partial charge in [-0.15, -0.1) is 0 Å². The van der Waals surface area contributed by atoms with Crippen molar-refractivity contribution in [2.45, 2.75) is 25.4 Å². The van der Waals surface area contributed by atoms with Crippen molar-refractivity contribution in [3.05, 3.63) is 34.3 Å². The minimum atomic E-state index is -0.973. The molecule has 1 aromatic carbocycles. The molecule has 1 fully saturated rings. The molecule has 4 nitrogen and oxygen atoms in total. The van der Waals surface area contributed by atoms with Crippen molar-refractivity contribution >= 4 is 28.0 Å². The summed E-state index contributed by atoms with van der Waals surface area (Å²) in [4.78, 5) is 10.6. The van der Waals surface area contributed by atoms with Crippen molar-refractivity contribution in [1.82, 2.24) is 0 Å². The van der Waals surface area contributed by atoms with Crippen LogP contribution in [0.25, 0.3) is 6.08 Å². The highest BCUT2D eigenvalue weighted by Crippen LogP contribution is 2.24. The van der Waals surface area contributed by atoms with Gasteiger partial charge < -0.3 is 14.6 Å². The SMILES string of the molecule is O=C(O)/C=C/c1cc(OCC2CCCCO2)ccc1Br. The Morgan fingerprint density at radius 1 is 1.50 bits per heavy atom. The molecule has 0 radical (unpaired) electrons. The number of benzene rings is 1. The lowest BCUT2D eigenvalue weighted by atomic mass is 10.1. The third-order valence-corrected chi connectivity index (χ3v) is 3.80. The normalized spacial score (nSPS) is 19.1. The monoisotopic (exact) mass is 340 g/mol. The van der Waals surface area contributed by atoms with Gasteiger partial charge in [0, 0.05) is 17.2 Å². The first kappa shape index (κ1) is 15.1. The topological polar surface area (TPSA) is 55.8 Å². The summed E-state index contributed by atoms with van der Waals surface area (Å²) >= 11 is 3.38. The molecule has 1 aliphatic heterocycles. The molecule has 1 aromatic rings. The standard InChI is InChI=1S/C15H17BrO4/c16-14-6-5-12(9-11(14)4-7-15(17)18)20-10-13-3-1-2-8-19-13/h4-7,9,13H,1-3,8,10H2,(H,17,18)/b7-4+. The zero-order valence-corrected chi connectivity index (χ0v) is 12.6. The number of carboxylic acids is 1. The highest BCUT2D eigenvalue weighted by atomic mass is 79.9. The van der Waals surface area contributed by atoms with Gasteiger partial charge in [0.1, 0.15) is 12.4 Å².